The molecule has 0 aliphatic carbocycles. The number of hydrogen-bond acceptors (Lipinski definition) is 5. The van der Waals surface area contributed by atoms with E-state index in [1.807, 2.05) is 25.1 Å². The fourth-order valence-corrected chi connectivity index (χ4v) is 3.46. The molecule has 0 fully saturated rings. The lowest BCUT2D eigenvalue weighted by molar-refractivity contribution is -0.121. The van der Waals surface area contributed by atoms with Crippen LogP contribution in [0.4, 0.5) is 0 Å². The molecular weight excluding hydrogens is 346 g/mol. The fraction of sp³-hybridized carbons (Fsp3) is 0.450. The van der Waals surface area contributed by atoms with Crippen LogP contribution in [0, 0.1) is 19.8 Å². The number of nitrogens with zero attached hydrogens (tertiary/aromatic N) is 1. The van der Waals surface area contributed by atoms with Crippen molar-refractivity contribution in [2.75, 3.05) is 20.3 Å². The molecule has 0 bridgehead atoms. The number of ether oxygens (including phenoxy) is 2. The largest absolute Gasteiger partial charge is 0.493 e. The van der Waals surface area contributed by atoms with E-state index in [1.165, 1.54) is 0 Å². The highest BCUT2D eigenvalue weighted by molar-refractivity contribution is 5.76. The van der Waals surface area contributed by atoms with Gasteiger partial charge in [-0.1, -0.05) is 12.1 Å². The van der Waals surface area contributed by atoms with Crippen molar-refractivity contribution < 1.29 is 14.3 Å². The third-order valence-electron chi connectivity index (χ3n) is 4.90. The maximum atomic E-state index is 12.2. The third kappa shape index (κ3) is 4.48. The average Bonchev–Trinajstić information content (AvgIpc) is 2.64. The van der Waals surface area contributed by atoms with E-state index >= 15 is 0 Å². The lowest BCUT2D eigenvalue weighted by atomic mass is 9.96. The van der Waals surface area contributed by atoms with E-state index in [-0.39, 0.29) is 17.5 Å². The maximum absolute atomic E-state index is 12.2. The quantitative estimate of drug-likeness (QED) is 0.806. The van der Waals surface area contributed by atoms with Crippen LogP contribution >= 0.6 is 0 Å². The van der Waals surface area contributed by atoms with Crippen molar-refractivity contribution >= 4 is 5.91 Å². The first-order valence-corrected chi connectivity index (χ1v) is 9.09. The molecule has 0 radical (unpaired) electrons. The van der Waals surface area contributed by atoms with E-state index in [9.17, 15) is 9.59 Å². The SMILES string of the molecule is COc1cccc2c1OC[C@H](CNC(=O)CCc1c(C)nc(=O)[nH]c1C)C2. The number of benzene rings is 1. The Balaban J connectivity index is 1.51. The zero-order valence-electron chi connectivity index (χ0n) is 15.9. The summed E-state index contributed by atoms with van der Waals surface area (Å²) in [6.07, 6.45) is 1.75. The minimum absolute atomic E-state index is 0.0172. The second kappa shape index (κ2) is 8.24. The van der Waals surface area contributed by atoms with Gasteiger partial charge in [-0.25, -0.2) is 4.79 Å². The number of aromatic amines is 1. The Bertz CT molecular complexity index is 865. The lowest BCUT2D eigenvalue weighted by Gasteiger charge is -2.26. The molecule has 1 aliphatic rings. The standard InChI is InChI=1S/C20H25N3O4/c1-12-16(13(2)23-20(25)22-12)7-8-18(24)21-10-14-9-15-5-4-6-17(26-3)19(15)27-11-14/h4-6,14H,7-11H2,1-3H3,(H,21,24)(H,22,23,25)/t14-/m0/s1. The molecule has 1 aromatic heterocycles. The van der Waals surface area contributed by atoms with E-state index in [4.69, 9.17) is 9.47 Å². The van der Waals surface area contributed by atoms with Gasteiger partial charge >= 0.3 is 5.69 Å². The molecule has 27 heavy (non-hydrogen) atoms. The Hall–Kier alpha value is -2.83. The van der Waals surface area contributed by atoms with Gasteiger partial charge in [0.25, 0.3) is 0 Å². The molecule has 3 rings (SSSR count). The van der Waals surface area contributed by atoms with Gasteiger partial charge in [0, 0.05) is 30.3 Å². The number of hydrogen-bond donors (Lipinski definition) is 2. The van der Waals surface area contributed by atoms with Crippen molar-refractivity contribution in [3.8, 4) is 11.5 Å². The summed E-state index contributed by atoms with van der Waals surface area (Å²) in [5.74, 6) is 1.76. The molecule has 2 aromatic rings. The number of fused-ring (bicyclic) bond motifs is 1. The summed E-state index contributed by atoms with van der Waals surface area (Å²) in [5, 5.41) is 2.99. The number of para-hydroxylation sites is 1. The number of nitrogens with one attached hydrogen (secondary N) is 2. The van der Waals surface area contributed by atoms with E-state index in [1.54, 1.807) is 14.0 Å². The van der Waals surface area contributed by atoms with Crippen LogP contribution in [0.1, 0.15) is 28.9 Å². The predicted molar refractivity (Wildman–Crippen MR) is 101 cm³/mol. The number of carbonyl (C=O) groups is 1. The first-order valence-electron chi connectivity index (χ1n) is 9.09. The molecule has 0 unspecified atom stereocenters. The summed E-state index contributed by atoms with van der Waals surface area (Å²) in [6, 6.07) is 5.86. The van der Waals surface area contributed by atoms with Crippen molar-refractivity contribution in [1.82, 2.24) is 15.3 Å². The summed E-state index contributed by atoms with van der Waals surface area (Å²) < 4.78 is 11.2. The molecule has 0 spiro atoms. The first-order chi connectivity index (χ1) is 13.0. The summed E-state index contributed by atoms with van der Waals surface area (Å²) in [5.41, 5.74) is 3.12. The number of H-pyrrole nitrogens is 1. The monoisotopic (exact) mass is 371 g/mol. The van der Waals surface area contributed by atoms with Crippen LogP contribution in [0.5, 0.6) is 11.5 Å². The normalized spacial score (nSPS) is 15.6. The van der Waals surface area contributed by atoms with Gasteiger partial charge in [0.15, 0.2) is 11.5 Å². The molecule has 1 aromatic carbocycles. The Morgan fingerprint density at radius 2 is 2.22 bits per heavy atom. The van der Waals surface area contributed by atoms with Crippen LogP contribution in [0.25, 0.3) is 0 Å². The van der Waals surface area contributed by atoms with Crippen molar-refractivity contribution in [2.24, 2.45) is 5.92 Å². The van der Waals surface area contributed by atoms with Crippen LogP contribution in [0.3, 0.4) is 0 Å². The third-order valence-corrected chi connectivity index (χ3v) is 4.90. The van der Waals surface area contributed by atoms with E-state index in [0.29, 0.717) is 31.7 Å². The summed E-state index contributed by atoms with van der Waals surface area (Å²) in [6.45, 7) is 4.74. The molecule has 7 heteroatoms. The Labute approximate surface area is 158 Å². The van der Waals surface area contributed by atoms with Gasteiger partial charge in [-0.3, -0.25) is 4.79 Å². The molecule has 0 saturated heterocycles. The molecule has 2 N–H and O–H groups in total. The number of carbonyl (C=O) groups excluding carboxylic acids is 1. The fourth-order valence-electron chi connectivity index (χ4n) is 3.46. The molecule has 1 atom stereocenters. The second-order valence-electron chi connectivity index (χ2n) is 6.86. The summed E-state index contributed by atoms with van der Waals surface area (Å²) in [7, 11) is 1.63. The van der Waals surface area contributed by atoms with Gasteiger partial charge in [-0.15, -0.1) is 0 Å². The maximum Gasteiger partial charge on any atom is 0.345 e. The highest BCUT2D eigenvalue weighted by atomic mass is 16.5. The minimum Gasteiger partial charge on any atom is -0.493 e. The van der Waals surface area contributed by atoms with Gasteiger partial charge < -0.3 is 19.8 Å². The number of methoxy groups -OCH3 is 1. The smallest absolute Gasteiger partial charge is 0.345 e. The summed E-state index contributed by atoms with van der Waals surface area (Å²) in [4.78, 5) is 30.1. The summed E-state index contributed by atoms with van der Waals surface area (Å²) >= 11 is 0. The second-order valence-corrected chi connectivity index (χ2v) is 6.86. The lowest BCUT2D eigenvalue weighted by Crippen LogP contribution is -2.35. The zero-order valence-corrected chi connectivity index (χ0v) is 15.9. The predicted octanol–water partition coefficient (Wildman–Crippen LogP) is 1.70. The minimum atomic E-state index is -0.354. The Morgan fingerprint density at radius 1 is 1.41 bits per heavy atom. The van der Waals surface area contributed by atoms with E-state index in [0.717, 1.165) is 34.7 Å². The highest BCUT2D eigenvalue weighted by Gasteiger charge is 2.23. The molecule has 2 heterocycles. The van der Waals surface area contributed by atoms with Crippen molar-refractivity contribution in [3.05, 3.63) is 51.2 Å². The topological polar surface area (TPSA) is 93.3 Å². The van der Waals surface area contributed by atoms with Crippen molar-refractivity contribution in [2.45, 2.75) is 33.1 Å². The van der Waals surface area contributed by atoms with Crippen LogP contribution in [0.15, 0.2) is 23.0 Å². The molecule has 1 aliphatic heterocycles. The van der Waals surface area contributed by atoms with Gasteiger partial charge in [-0.05, 0) is 43.9 Å². The van der Waals surface area contributed by atoms with Crippen molar-refractivity contribution in [1.29, 1.82) is 0 Å². The van der Waals surface area contributed by atoms with Gasteiger partial charge in [0.2, 0.25) is 5.91 Å². The molecule has 0 saturated carbocycles. The van der Waals surface area contributed by atoms with Gasteiger partial charge in [0.05, 0.1) is 13.7 Å². The van der Waals surface area contributed by atoms with E-state index in [2.05, 4.69) is 15.3 Å². The van der Waals surface area contributed by atoms with E-state index < -0.39 is 0 Å². The number of rotatable bonds is 6. The molecule has 1 amide bonds. The number of aryl methyl sites for hydroxylation is 2. The Morgan fingerprint density at radius 3 is 2.96 bits per heavy atom. The first kappa shape index (κ1) is 18.9. The average molecular weight is 371 g/mol. The van der Waals surface area contributed by atoms with Crippen LogP contribution in [-0.4, -0.2) is 36.1 Å². The Kier molecular flexibility index (Phi) is 5.78. The molecular formula is C20H25N3O4. The van der Waals surface area contributed by atoms with Crippen molar-refractivity contribution in [3.63, 3.8) is 0 Å². The van der Waals surface area contributed by atoms with Gasteiger partial charge in [-0.2, -0.15) is 4.98 Å². The highest BCUT2D eigenvalue weighted by Crippen LogP contribution is 2.35. The molecule has 7 nitrogen and oxygen atoms in total. The van der Waals surface area contributed by atoms with Gasteiger partial charge in [0.1, 0.15) is 0 Å². The molecule has 144 valence electrons. The number of aromatic nitrogens is 2. The number of amides is 1. The zero-order chi connectivity index (χ0) is 19.4. The van der Waals surface area contributed by atoms with Crippen LogP contribution in [0.2, 0.25) is 0 Å². The van der Waals surface area contributed by atoms with Crippen LogP contribution < -0.4 is 20.5 Å². The van der Waals surface area contributed by atoms with Crippen LogP contribution in [-0.2, 0) is 17.6 Å².